The van der Waals surface area contributed by atoms with Gasteiger partial charge in [0.25, 0.3) is 5.91 Å². The van der Waals surface area contributed by atoms with E-state index >= 15 is 0 Å². The number of hydrogen-bond donors (Lipinski definition) is 1. The summed E-state index contributed by atoms with van der Waals surface area (Å²) in [5.74, 6) is -2.92. The van der Waals surface area contributed by atoms with Crippen LogP contribution in [0.1, 0.15) is 65.4 Å². The van der Waals surface area contributed by atoms with E-state index in [-0.39, 0.29) is 47.8 Å². The van der Waals surface area contributed by atoms with E-state index in [2.05, 4.69) is 0 Å². The Morgan fingerprint density at radius 2 is 1.88 bits per heavy atom. The maximum atomic E-state index is 14.0. The zero-order chi connectivity index (χ0) is 23.4. The number of fused-ring (bicyclic) bond motifs is 3. The third kappa shape index (κ3) is 3.32. The van der Waals surface area contributed by atoms with E-state index < -0.39 is 34.5 Å². The van der Waals surface area contributed by atoms with E-state index in [0.717, 1.165) is 37.8 Å². The van der Waals surface area contributed by atoms with Gasteiger partial charge in [-0.1, -0.05) is 6.07 Å². The number of aromatic nitrogens is 1. The molecule has 7 nitrogen and oxygen atoms in total. The minimum absolute atomic E-state index is 0.0213. The number of carbonyl (C=O) groups excluding carboxylic acids is 2. The molecule has 1 amide bonds. The highest BCUT2D eigenvalue weighted by molar-refractivity contribution is 6.00. The van der Waals surface area contributed by atoms with Gasteiger partial charge < -0.3 is 10.0 Å². The number of carbonyl (C=O) groups is 2. The lowest BCUT2D eigenvalue weighted by Crippen LogP contribution is -2.71. The van der Waals surface area contributed by atoms with Crippen LogP contribution in [0.2, 0.25) is 0 Å². The number of ketones is 1. The quantitative estimate of drug-likeness (QED) is 0.698. The third-order valence-electron chi connectivity index (χ3n) is 7.28. The number of halogens is 2. The number of Topliss-reactive ketones (excluding diaryl/α,β-unsaturated/α-hetero) is 1. The Hall–Kier alpha value is -3.23. The summed E-state index contributed by atoms with van der Waals surface area (Å²) in [4.78, 5) is 40.7. The van der Waals surface area contributed by atoms with Gasteiger partial charge in [0.15, 0.2) is 17.2 Å². The Kier molecular flexibility index (Phi) is 5.22. The molecule has 2 bridgehead atoms. The van der Waals surface area contributed by atoms with Crippen molar-refractivity contribution < 1.29 is 23.5 Å². The minimum atomic E-state index is -0.907. The minimum Gasteiger partial charge on any atom is -0.502 e. The highest BCUT2D eigenvalue weighted by Crippen LogP contribution is 2.43. The maximum Gasteiger partial charge on any atom is 0.278 e. The monoisotopic (exact) mass is 457 g/mol. The van der Waals surface area contributed by atoms with Crippen molar-refractivity contribution in [3.63, 3.8) is 0 Å². The molecule has 0 spiro atoms. The van der Waals surface area contributed by atoms with Gasteiger partial charge in [-0.15, -0.1) is 0 Å². The van der Waals surface area contributed by atoms with Crippen LogP contribution in [-0.2, 0) is 6.42 Å². The zero-order valence-electron chi connectivity index (χ0n) is 18.3. The zero-order valence-corrected chi connectivity index (χ0v) is 18.3. The topological polar surface area (TPSA) is 82.9 Å². The van der Waals surface area contributed by atoms with E-state index in [1.807, 2.05) is 11.9 Å². The predicted octanol–water partition coefficient (Wildman–Crippen LogP) is 2.96. The number of amides is 1. The Labute approximate surface area is 189 Å². The fourth-order valence-corrected chi connectivity index (χ4v) is 5.66. The Morgan fingerprint density at radius 1 is 1.15 bits per heavy atom. The molecule has 0 unspecified atom stereocenters. The first kappa shape index (κ1) is 21.6. The first-order valence-corrected chi connectivity index (χ1v) is 11.4. The van der Waals surface area contributed by atoms with Crippen LogP contribution >= 0.6 is 0 Å². The summed E-state index contributed by atoms with van der Waals surface area (Å²) in [6, 6.07) is 3.26. The predicted molar refractivity (Wildman–Crippen MR) is 116 cm³/mol. The van der Waals surface area contributed by atoms with Gasteiger partial charge in [-0.2, -0.15) is 0 Å². The molecule has 0 radical (unpaired) electrons. The summed E-state index contributed by atoms with van der Waals surface area (Å²) < 4.78 is 28.6. The summed E-state index contributed by atoms with van der Waals surface area (Å²) >= 11 is 0. The van der Waals surface area contributed by atoms with E-state index in [1.165, 1.54) is 16.9 Å². The van der Waals surface area contributed by atoms with Gasteiger partial charge in [-0.25, -0.2) is 8.78 Å². The maximum absolute atomic E-state index is 14.0. The molecule has 6 rings (SSSR count). The molecule has 2 saturated heterocycles. The Morgan fingerprint density at radius 3 is 2.55 bits per heavy atom. The van der Waals surface area contributed by atoms with E-state index in [1.54, 1.807) is 4.90 Å². The molecule has 3 fully saturated rings. The van der Waals surface area contributed by atoms with Gasteiger partial charge in [0.1, 0.15) is 17.8 Å². The lowest BCUT2D eigenvalue weighted by Gasteiger charge is -2.58. The number of aryl methyl sites for hydroxylation is 1. The fourth-order valence-electron chi connectivity index (χ4n) is 5.66. The van der Waals surface area contributed by atoms with Gasteiger partial charge in [0.2, 0.25) is 5.43 Å². The van der Waals surface area contributed by atoms with Crippen molar-refractivity contribution in [1.82, 2.24) is 9.58 Å². The molecule has 1 aliphatic carbocycles. The molecule has 1 saturated carbocycles. The molecule has 9 heteroatoms. The molecule has 4 aliphatic rings. The van der Waals surface area contributed by atoms with Crippen molar-refractivity contribution in [1.29, 1.82) is 0 Å². The van der Waals surface area contributed by atoms with E-state index in [0.29, 0.717) is 6.54 Å². The molecule has 1 atom stereocenters. The van der Waals surface area contributed by atoms with Gasteiger partial charge in [-0.3, -0.25) is 24.1 Å². The SMILES string of the molecule is CCN1C(=O)c2c(O)c(=O)c(C(=O)CCc3ccc(F)cc3F)cn2N2C3CCC(CC3)[C@@H]12. The molecule has 1 N–H and O–H groups in total. The summed E-state index contributed by atoms with van der Waals surface area (Å²) in [5, 5.41) is 12.8. The summed E-state index contributed by atoms with van der Waals surface area (Å²) in [7, 11) is 0. The summed E-state index contributed by atoms with van der Waals surface area (Å²) in [5.41, 5.74) is -1.10. The van der Waals surface area contributed by atoms with E-state index in [9.17, 15) is 28.3 Å². The molecule has 1 aromatic heterocycles. The average molecular weight is 457 g/mol. The lowest BCUT2D eigenvalue weighted by molar-refractivity contribution is 0.0159. The van der Waals surface area contributed by atoms with Crippen LogP contribution in [0.15, 0.2) is 29.2 Å². The second-order valence-electron chi connectivity index (χ2n) is 9.03. The van der Waals surface area contributed by atoms with Crippen molar-refractivity contribution in [2.75, 3.05) is 11.6 Å². The van der Waals surface area contributed by atoms with Crippen LogP contribution in [0.5, 0.6) is 5.75 Å². The van der Waals surface area contributed by atoms with Crippen molar-refractivity contribution in [3.05, 3.63) is 63.1 Å². The standard InChI is InChI=1S/C24H25F2N3O4/c1-2-27-23-14-4-8-16(9-5-14)29(23)28-12-17(21(31)22(32)20(28)24(27)33)19(30)10-6-13-3-7-15(25)11-18(13)26/h3,7,11-12,14,16,23,32H,2,4-6,8-10H2,1H3/t14?,16?,23-/m0/s1. The van der Waals surface area contributed by atoms with Crippen molar-refractivity contribution in [2.24, 2.45) is 5.92 Å². The lowest BCUT2D eigenvalue weighted by atomic mass is 9.77. The second kappa shape index (κ2) is 7.97. The largest absolute Gasteiger partial charge is 0.502 e. The first-order chi connectivity index (χ1) is 15.8. The van der Waals surface area contributed by atoms with Crippen molar-refractivity contribution >= 4 is 11.7 Å². The number of piperidine rings is 2. The van der Waals surface area contributed by atoms with Crippen molar-refractivity contribution in [3.8, 4) is 5.75 Å². The van der Waals surface area contributed by atoms with Crippen LogP contribution in [0, 0.1) is 17.6 Å². The number of rotatable bonds is 5. The molecule has 1 aromatic carbocycles. The molecule has 3 aliphatic heterocycles. The van der Waals surface area contributed by atoms with Crippen molar-refractivity contribution in [2.45, 2.75) is 57.7 Å². The molecular formula is C24H25F2N3O4. The average Bonchev–Trinajstić information content (AvgIpc) is 2.81. The van der Waals surface area contributed by atoms with E-state index in [4.69, 9.17) is 0 Å². The summed E-state index contributed by atoms with van der Waals surface area (Å²) in [6.45, 7) is 2.32. The molecule has 2 aromatic rings. The normalized spacial score (nSPS) is 23.5. The van der Waals surface area contributed by atoms with Gasteiger partial charge in [0, 0.05) is 31.3 Å². The van der Waals surface area contributed by atoms with Gasteiger partial charge >= 0.3 is 0 Å². The number of hydrogen-bond acceptors (Lipinski definition) is 5. The van der Waals surface area contributed by atoms with Gasteiger partial charge in [0.05, 0.1) is 5.56 Å². The highest BCUT2D eigenvalue weighted by atomic mass is 19.1. The van der Waals surface area contributed by atoms with Crippen LogP contribution in [0.3, 0.4) is 0 Å². The smallest absolute Gasteiger partial charge is 0.278 e. The first-order valence-electron chi connectivity index (χ1n) is 11.4. The Bertz CT molecular complexity index is 1200. The molecular weight excluding hydrogens is 432 g/mol. The molecule has 174 valence electrons. The number of benzene rings is 1. The molecule has 33 heavy (non-hydrogen) atoms. The van der Waals surface area contributed by atoms with Crippen LogP contribution in [0.4, 0.5) is 8.78 Å². The van der Waals surface area contributed by atoms with Crippen LogP contribution in [-0.4, -0.2) is 45.1 Å². The highest BCUT2D eigenvalue weighted by Gasteiger charge is 2.50. The fraction of sp³-hybridized carbons (Fsp3) is 0.458. The summed E-state index contributed by atoms with van der Waals surface area (Å²) in [6.07, 6.45) is 4.85. The van der Waals surface area contributed by atoms with Crippen LogP contribution < -0.4 is 10.4 Å². The molecule has 4 heterocycles. The third-order valence-corrected chi connectivity index (χ3v) is 7.28. The van der Waals surface area contributed by atoms with Crippen LogP contribution in [0.25, 0.3) is 0 Å². The number of nitrogens with zero attached hydrogens (tertiary/aromatic N) is 3. The number of aromatic hydroxyl groups is 1. The Balaban J connectivity index is 1.53. The van der Waals surface area contributed by atoms with Gasteiger partial charge in [-0.05, 0) is 56.6 Å². The number of pyridine rings is 1. The second-order valence-corrected chi connectivity index (χ2v) is 9.03.